The van der Waals surface area contributed by atoms with E-state index in [0.29, 0.717) is 32.4 Å². The molecule has 0 aromatic carbocycles. The summed E-state index contributed by atoms with van der Waals surface area (Å²) in [5.41, 5.74) is 0. The van der Waals surface area contributed by atoms with Crippen LogP contribution in [-0.4, -0.2) is 54.8 Å². The highest BCUT2D eigenvalue weighted by Crippen LogP contribution is 2.42. The van der Waals surface area contributed by atoms with Crippen molar-refractivity contribution in [3.63, 3.8) is 0 Å². The Kier molecular flexibility index (Phi) is 3.66. The molecule has 1 aliphatic carbocycles. The number of carboxylic acid groups (broad SMARTS) is 1. The number of sulfonamides is 1. The van der Waals surface area contributed by atoms with Crippen LogP contribution in [0.4, 0.5) is 0 Å². The second-order valence-corrected chi connectivity index (χ2v) is 7.24. The molecule has 0 aromatic heterocycles. The van der Waals surface area contributed by atoms with Gasteiger partial charge in [-0.3, -0.25) is 4.79 Å². The number of hydrogen-bond acceptors (Lipinski definition) is 4. The smallest absolute Gasteiger partial charge is 0.326 e. The molecule has 6 nitrogen and oxygen atoms in total. The van der Waals surface area contributed by atoms with E-state index in [0.717, 1.165) is 0 Å². The number of aliphatic carboxylic acids is 1. The zero-order valence-electron chi connectivity index (χ0n) is 10.5. The molecular formula is C11H19NO5S. The fraction of sp³-hybridized carbons (Fsp3) is 0.909. The number of piperidine rings is 1. The molecule has 0 radical (unpaired) electrons. The topological polar surface area (TPSA) is 83.9 Å². The molecule has 0 amide bonds. The molecule has 0 bridgehead atoms. The summed E-state index contributed by atoms with van der Waals surface area (Å²) in [6, 6.07) is 0. The van der Waals surface area contributed by atoms with Crippen molar-refractivity contribution in [2.75, 3.05) is 20.2 Å². The van der Waals surface area contributed by atoms with Gasteiger partial charge in [0, 0.05) is 20.2 Å². The van der Waals surface area contributed by atoms with E-state index < -0.39 is 20.7 Å². The number of methoxy groups -OCH3 is 1. The fourth-order valence-corrected chi connectivity index (χ4v) is 4.85. The maximum Gasteiger partial charge on any atom is 0.326 e. The van der Waals surface area contributed by atoms with Crippen LogP contribution in [0, 0.1) is 0 Å². The minimum atomic E-state index is -3.74. The van der Waals surface area contributed by atoms with Crippen molar-refractivity contribution < 1.29 is 23.1 Å². The van der Waals surface area contributed by atoms with Gasteiger partial charge in [0.1, 0.15) is 0 Å². The largest absolute Gasteiger partial charge is 0.480 e. The maximum absolute atomic E-state index is 12.4. The zero-order valence-corrected chi connectivity index (χ0v) is 11.3. The van der Waals surface area contributed by atoms with Gasteiger partial charge in [0.2, 0.25) is 10.0 Å². The number of carboxylic acids is 1. The Labute approximate surface area is 107 Å². The van der Waals surface area contributed by atoms with Crippen LogP contribution in [0.2, 0.25) is 0 Å². The first-order valence-corrected chi connectivity index (χ1v) is 7.64. The molecule has 7 heteroatoms. The normalized spacial score (nSPS) is 25.6. The van der Waals surface area contributed by atoms with E-state index in [-0.39, 0.29) is 18.9 Å². The van der Waals surface area contributed by atoms with Crippen LogP contribution < -0.4 is 0 Å². The van der Waals surface area contributed by atoms with Crippen LogP contribution in [0.15, 0.2) is 0 Å². The van der Waals surface area contributed by atoms with Crippen molar-refractivity contribution in [1.82, 2.24) is 4.31 Å². The van der Waals surface area contributed by atoms with E-state index in [1.807, 2.05) is 0 Å². The van der Waals surface area contributed by atoms with Gasteiger partial charge in [0.15, 0.2) is 4.75 Å². The van der Waals surface area contributed by atoms with Crippen molar-refractivity contribution in [2.24, 2.45) is 0 Å². The van der Waals surface area contributed by atoms with E-state index in [1.54, 1.807) is 7.11 Å². The van der Waals surface area contributed by atoms with Gasteiger partial charge >= 0.3 is 5.97 Å². The Morgan fingerprint density at radius 2 is 1.89 bits per heavy atom. The lowest BCUT2D eigenvalue weighted by Crippen LogP contribution is -2.59. The van der Waals surface area contributed by atoms with Gasteiger partial charge < -0.3 is 9.84 Å². The summed E-state index contributed by atoms with van der Waals surface area (Å²) in [4.78, 5) is 11.3. The summed E-state index contributed by atoms with van der Waals surface area (Å²) in [6.45, 7) is 0.714. The third-order valence-electron chi connectivity index (χ3n) is 4.12. The Hall–Kier alpha value is -0.660. The quantitative estimate of drug-likeness (QED) is 0.806. The monoisotopic (exact) mass is 277 g/mol. The number of nitrogens with zero attached hydrogens (tertiary/aromatic N) is 1. The molecule has 0 unspecified atom stereocenters. The first kappa shape index (κ1) is 13.8. The van der Waals surface area contributed by atoms with Gasteiger partial charge in [-0.1, -0.05) is 0 Å². The van der Waals surface area contributed by atoms with Crippen LogP contribution >= 0.6 is 0 Å². The molecule has 1 heterocycles. The minimum absolute atomic E-state index is 0.0821. The molecule has 1 saturated heterocycles. The second-order valence-electron chi connectivity index (χ2n) is 4.99. The van der Waals surface area contributed by atoms with E-state index in [1.165, 1.54) is 4.31 Å². The predicted octanol–water partition coefficient (Wildman–Crippen LogP) is 0.434. The van der Waals surface area contributed by atoms with Crippen molar-refractivity contribution in [3.05, 3.63) is 0 Å². The van der Waals surface area contributed by atoms with E-state index in [4.69, 9.17) is 4.74 Å². The molecule has 0 aromatic rings. The number of carbonyl (C=O) groups is 1. The molecule has 0 atom stereocenters. The van der Waals surface area contributed by atoms with Crippen molar-refractivity contribution in [2.45, 2.75) is 43.0 Å². The summed E-state index contributed by atoms with van der Waals surface area (Å²) in [7, 11) is -2.13. The summed E-state index contributed by atoms with van der Waals surface area (Å²) in [5.74, 6) is -1.21. The van der Waals surface area contributed by atoms with Gasteiger partial charge in [-0.15, -0.1) is 0 Å². The summed E-state index contributed by atoms with van der Waals surface area (Å²) in [5, 5.41) is 9.22. The van der Waals surface area contributed by atoms with Gasteiger partial charge in [0.05, 0.1) is 6.10 Å². The van der Waals surface area contributed by atoms with Gasteiger partial charge in [-0.2, -0.15) is 0 Å². The van der Waals surface area contributed by atoms with Crippen LogP contribution in [-0.2, 0) is 19.6 Å². The van der Waals surface area contributed by atoms with Crippen molar-refractivity contribution in [1.29, 1.82) is 0 Å². The third-order valence-corrected chi connectivity index (χ3v) is 6.73. The van der Waals surface area contributed by atoms with Crippen LogP contribution in [0.25, 0.3) is 0 Å². The first-order valence-electron chi connectivity index (χ1n) is 6.20. The first-order chi connectivity index (χ1) is 8.44. The Bertz CT molecular complexity index is 421. The Morgan fingerprint density at radius 3 is 2.22 bits per heavy atom. The molecule has 104 valence electrons. The number of rotatable bonds is 4. The Morgan fingerprint density at radius 1 is 1.33 bits per heavy atom. The average Bonchev–Trinajstić information content (AvgIpc) is 2.26. The third kappa shape index (κ3) is 1.94. The van der Waals surface area contributed by atoms with Crippen molar-refractivity contribution in [3.8, 4) is 0 Å². The van der Waals surface area contributed by atoms with Crippen LogP contribution in [0.3, 0.4) is 0 Å². The fourth-order valence-electron chi connectivity index (χ4n) is 2.64. The molecule has 2 fully saturated rings. The standard InChI is InChI=1S/C11H19NO5S/c1-17-9-3-7-12(8-4-9)18(15,16)11(10(13)14)5-2-6-11/h9H,2-8H2,1H3,(H,13,14). The number of hydrogen-bond donors (Lipinski definition) is 1. The lowest BCUT2D eigenvalue weighted by molar-refractivity contribution is -0.142. The summed E-state index contributed by atoms with van der Waals surface area (Å²) in [6.07, 6.45) is 2.47. The highest BCUT2D eigenvalue weighted by Gasteiger charge is 2.58. The molecule has 1 N–H and O–H groups in total. The molecular weight excluding hydrogens is 258 g/mol. The van der Waals surface area contributed by atoms with Gasteiger partial charge in [-0.25, -0.2) is 12.7 Å². The minimum Gasteiger partial charge on any atom is -0.480 e. The average molecular weight is 277 g/mol. The molecule has 0 spiro atoms. The summed E-state index contributed by atoms with van der Waals surface area (Å²) < 4.78 is 29.8. The molecule has 2 aliphatic rings. The molecule has 1 aliphatic heterocycles. The predicted molar refractivity (Wildman–Crippen MR) is 64.7 cm³/mol. The van der Waals surface area contributed by atoms with E-state index >= 15 is 0 Å². The van der Waals surface area contributed by atoms with Gasteiger partial charge in [0.25, 0.3) is 0 Å². The molecule has 18 heavy (non-hydrogen) atoms. The van der Waals surface area contributed by atoms with E-state index in [9.17, 15) is 18.3 Å². The van der Waals surface area contributed by atoms with Crippen LogP contribution in [0.1, 0.15) is 32.1 Å². The maximum atomic E-state index is 12.4. The van der Waals surface area contributed by atoms with E-state index in [2.05, 4.69) is 0 Å². The Balaban J connectivity index is 2.15. The summed E-state index contributed by atoms with van der Waals surface area (Å²) >= 11 is 0. The highest BCUT2D eigenvalue weighted by molar-refractivity contribution is 7.91. The second kappa shape index (κ2) is 4.79. The molecule has 1 saturated carbocycles. The van der Waals surface area contributed by atoms with Gasteiger partial charge in [-0.05, 0) is 32.1 Å². The lowest BCUT2D eigenvalue weighted by Gasteiger charge is -2.42. The lowest BCUT2D eigenvalue weighted by atomic mass is 9.84. The van der Waals surface area contributed by atoms with Crippen molar-refractivity contribution >= 4 is 16.0 Å². The number of ether oxygens (including phenoxy) is 1. The van der Waals surface area contributed by atoms with Crippen LogP contribution in [0.5, 0.6) is 0 Å². The molecule has 2 rings (SSSR count). The SMILES string of the molecule is COC1CCN(S(=O)(=O)C2(C(=O)O)CCC2)CC1. The zero-order chi connectivity index (χ0) is 13.4. The highest BCUT2D eigenvalue weighted by atomic mass is 32.2.